The second kappa shape index (κ2) is 4.10. The van der Waals surface area contributed by atoms with Crippen molar-refractivity contribution < 1.29 is 0 Å². The number of tetrazole rings is 1. The molecule has 0 aliphatic carbocycles. The first-order valence-electron chi connectivity index (χ1n) is 5.68. The molecule has 0 spiro atoms. The Labute approximate surface area is 96.0 Å². The standard InChI is InChI=1S/C10H20N6/c1-8-5-11-10(2,3)7-16(8)6-9-12-14-15(4)13-9/h8,11H,5-7H2,1-4H3. The maximum Gasteiger partial charge on any atom is 0.188 e. The number of nitrogens with one attached hydrogen (secondary N) is 1. The number of aromatic nitrogens is 4. The van der Waals surface area contributed by atoms with Crippen LogP contribution in [0.5, 0.6) is 0 Å². The van der Waals surface area contributed by atoms with E-state index in [1.54, 1.807) is 7.05 Å². The highest BCUT2D eigenvalue weighted by Crippen LogP contribution is 2.16. The van der Waals surface area contributed by atoms with Crippen molar-refractivity contribution in [3.8, 4) is 0 Å². The van der Waals surface area contributed by atoms with Gasteiger partial charge < -0.3 is 5.32 Å². The van der Waals surface area contributed by atoms with Crippen LogP contribution in [-0.4, -0.2) is 49.8 Å². The smallest absolute Gasteiger partial charge is 0.188 e. The summed E-state index contributed by atoms with van der Waals surface area (Å²) in [6.07, 6.45) is 0. The summed E-state index contributed by atoms with van der Waals surface area (Å²) in [5.41, 5.74) is 0.161. The molecule has 0 bridgehead atoms. The number of piperazine rings is 1. The molecule has 1 aliphatic heterocycles. The fraction of sp³-hybridized carbons (Fsp3) is 0.900. The number of hydrogen-bond acceptors (Lipinski definition) is 5. The lowest BCUT2D eigenvalue weighted by molar-refractivity contribution is 0.0951. The first-order chi connectivity index (χ1) is 7.46. The zero-order valence-corrected chi connectivity index (χ0v) is 10.4. The van der Waals surface area contributed by atoms with Gasteiger partial charge in [0.05, 0.1) is 13.6 Å². The van der Waals surface area contributed by atoms with Gasteiger partial charge in [-0.15, -0.1) is 10.2 Å². The SMILES string of the molecule is CC1CNC(C)(C)CN1Cc1nnn(C)n1. The van der Waals surface area contributed by atoms with Crippen LogP contribution >= 0.6 is 0 Å². The van der Waals surface area contributed by atoms with Crippen molar-refractivity contribution >= 4 is 0 Å². The second-order valence-electron chi connectivity index (χ2n) is 5.21. The van der Waals surface area contributed by atoms with Crippen molar-refractivity contribution in [2.24, 2.45) is 7.05 Å². The lowest BCUT2D eigenvalue weighted by Crippen LogP contribution is -2.60. The molecule has 6 heteroatoms. The predicted molar refractivity (Wildman–Crippen MR) is 60.8 cm³/mol. The van der Waals surface area contributed by atoms with Crippen LogP contribution in [0.15, 0.2) is 0 Å². The van der Waals surface area contributed by atoms with E-state index in [1.165, 1.54) is 4.80 Å². The van der Waals surface area contributed by atoms with Crippen LogP contribution in [0, 0.1) is 0 Å². The summed E-state index contributed by atoms with van der Waals surface area (Å²) in [7, 11) is 1.79. The van der Waals surface area contributed by atoms with Crippen LogP contribution in [0.2, 0.25) is 0 Å². The quantitative estimate of drug-likeness (QED) is 0.753. The maximum absolute atomic E-state index is 4.22. The summed E-state index contributed by atoms with van der Waals surface area (Å²) >= 11 is 0. The van der Waals surface area contributed by atoms with Gasteiger partial charge in [-0.25, -0.2) is 0 Å². The van der Waals surface area contributed by atoms with Gasteiger partial charge in [-0.05, 0) is 26.0 Å². The zero-order valence-electron chi connectivity index (χ0n) is 10.4. The fourth-order valence-electron chi connectivity index (χ4n) is 2.05. The van der Waals surface area contributed by atoms with Crippen LogP contribution in [0.3, 0.4) is 0 Å². The van der Waals surface area contributed by atoms with Crippen LogP contribution in [0.25, 0.3) is 0 Å². The molecule has 2 heterocycles. The van der Waals surface area contributed by atoms with Crippen LogP contribution in [0.1, 0.15) is 26.6 Å². The van der Waals surface area contributed by atoms with E-state index in [0.717, 1.165) is 25.5 Å². The van der Waals surface area contributed by atoms with E-state index in [2.05, 4.69) is 46.4 Å². The molecule has 0 aromatic carbocycles. The molecule has 90 valence electrons. The molecule has 1 aliphatic rings. The molecule has 1 saturated heterocycles. The minimum absolute atomic E-state index is 0.161. The summed E-state index contributed by atoms with van der Waals surface area (Å²) in [6, 6.07) is 0.511. The summed E-state index contributed by atoms with van der Waals surface area (Å²) in [5, 5.41) is 15.6. The summed E-state index contributed by atoms with van der Waals surface area (Å²) in [4.78, 5) is 3.90. The molecule has 1 N–H and O–H groups in total. The topological polar surface area (TPSA) is 58.9 Å². The molecule has 1 unspecified atom stereocenters. The van der Waals surface area contributed by atoms with Gasteiger partial charge in [0.25, 0.3) is 0 Å². The first kappa shape index (κ1) is 11.5. The van der Waals surface area contributed by atoms with E-state index in [9.17, 15) is 0 Å². The normalized spacial score (nSPS) is 25.9. The van der Waals surface area contributed by atoms with E-state index < -0.39 is 0 Å². The van der Waals surface area contributed by atoms with Gasteiger partial charge in [-0.2, -0.15) is 4.80 Å². The van der Waals surface area contributed by atoms with E-state index >= 15 is 0 Å². The van der Waals surface area contributed by atoms with Gasteiger partial charge in [0.2, 0.25) is 0 Å². The Morgan fingerprint density at radius 3 is 2.88 bits per heavy atom. The van der Waals surface area contributed by atoms with Crippen molar-refractivity contribution in [1.82, 2.24) is 30.4 Å². The Hall–Kier alpha value is -1.01. The molecular formula is C10H20N6. The van der Waals surface area contributed by atoms with Crippen molar-refractivity contribution in [2.45, 2.75) is 38.9 Å². The average Bonchev–Trinajstić information content (AvgIpc) is 2.58. The molecule has 1 aromatic heterocycles. The molecule has 1 atom stereocenters. The van der Waals surface area contributed by atoms with Crippen molar-refractivity contribution in [1.29, 1.82) is 0 Å². The lowest BCUT2D eigenvalue weighted by atomic mass is 9.99. The van der Waals surface area contributed by atoms with E-state index in [0.29, 0.717) is 6.04 Å². The Bertz CT molecular complexity index is 358. The predicted octanol–water partition coefficient (Wildman–Crippen LogP) is -0.218. The second-order valence-corrected chi connectivity index (χ2v) is 5.21. The molecular weight excluding hydrogens is 204 g/mol. The van der Waals surface area contributed by atoms with Crippen LogP contribution < -0.4 is 5.32 Å². The summed E-state index contributed by atoms with van der Waals surface area (Å²) in [6.45, 7) is 9.45. The molecule has 6 nitrogen and oxygen atoms in total. The van der Waals surface area contributed by atoms with E-state index in [-0.39, 0.29) is 5.54 Å². The molecule has 2 rings (SSSR count). The first-order valence-corrected chi connectivity index (χ1v) is 5.68. The highest BCUT2D eigenvalue weighted by atomic mass is 15.6. The Morgan fingerprint density at radius 2 is 2.25 bits per heavy atom. The maximum atomic E-state index is 4.22. The highest BCUT2D eigenvalue weighted by molar-refractivity contribution is 4.92. The highest BCUT2D eigenvalue weighted by Gasteiger charge is 2.30. The average molecular weight is 224 g/mol. The van der Waals surface area contributed by atoms with Gasteiger partial charge in [-0.3, -0.25) is 4.90 Å². The van der Waals surface area contributed by atoms with Gasteiger partial charge >= 0.3 is 0 Å². The van der Waals surface area contributed by atoms with Crippen molar-refractivity contribution in [2.75, 3.05) is 13.1 Å². The Balaban J connectivity index is 2.02. The van der Waals surface area contributed by atoms with Crippen LogP contribution in [0.4, 0.5) is 0 Å². The molecule has 0 saturated carbocycles. The number of nitrogens with zero attached hydrogens (tertiary/aromatic N) is 5. The van der Waals surface area contributed by atoms with Gasteiger partial charge in [0, 0.05) is 24.7 Å². The number of hydrogen-bond donors (Lipinski definition) is 1. The molecule has 1 fully saturated rings. The van der Waals surface area contributed by atoms with E-state index in [4.69, 9.17) is 0 Å². The zero-order chi connectivity index (χ0) is 11.8. The lowest BCUT2D eigenvalue weighted by Gasteiger charge is -2.42. The monoisotopic (exact) mass is 224 g/mol. The van der Waals surface area contributed by atoms with Crippen molar-refractivity contribution in [3.63, 3.8) is 0 Å². The Morgan fingerprint density at radius 1 is 1.50 bits per heavy atom. The molecule has 0 radical (unpaired) electrons. The molecule has 1 aromatic rings. The minimum atomic E-state index is 0.161. The van der Waals surface area contributed by atoms with E-state index in [1.807, 2.05) is 0 Å². The third-order valence-electron chi connectivity index (χ3n) is 2.99. The Kier molecular flexibility index (Phi) is 2.94. The van der Waals surface area contributed by atoms with Gasteiger partial charge in [0.15, 0.2) is 5.82 Å². The largest absolute Gasteiger partial charge is 0.309 e. The molecule has 0 amide bonds. The van der Waals surface area contributed by atoms with Crippen molar-refractivity contribution in [3.05, 3.63) is 5.82 Å². The summed E-state index contributed by atoms with van der Waals surface area (Å²) < 4.78 is 0. The minimum Gasteiger partial charge on any atom is -0.309 e. The van der Waals surface area contributed by atoms with Gasteiger partial charge in [0.1, 0.15) is 0 Å². The third kappa shape index (κ3) is 2.56. The number of aryl methyl sites for hydroxylation is 1. The van der Waals surface area contributed by atoms with Gasteiger partial charge in [-0.1, -0.05) is 0 Å². The fourth-order valence-corrected chi connectivity index (χ4v) is 2.05. The number of rotatable bonds is 2. The molecule has 16 heavy (non-hydrogen) atoms. The van der Waals surface area contributed by atoms with Crippen LogP contribution in [-0.2, 0) is 13.6 Å². The third-order valence-corrected chi connectivity index (χ3v) is 2.99. The summed E-state index contributed by atoms with van der Waals surface area (Å²) in [5.74, 6) is 0.798.